The van der Waals surface area contributed by atoms with Crippen LogP contribution in [-0.4, -0.2) is 51.7 Å². The van der Waals surface area contributed by atoms with E-state index in [-0.39, 0.29) is 5.91 Å². The first-order valence-corrected chi connectivity index (χ1v) is 9.97. The highest BCUT2D eigenvalue weighted by Crippen LogP contribution is 2.16. The lowest BCUT2D eigenvalue weighted by molar-refractivity contribution is -0.120. The number of aliphatic imine (C=N–C) groups is 1. The molecular formula is C22H29N5O2. The van der Waals surface area contributed by atoms with Crippen LogP contribution in [0.3, 0.4) is 0 Å². The van der Waals surface area contributed by atoms with Crippen molar-refractivity contribution in [2.24, 2.45) is 4.99 Å². The van der Waals surface area contributed by atoms with Gasteiger partial charge in [-0.2, -0.15) is 0 Å². The van der Waals surface area contributed by atoms with Gasteiger partial charge in [0.2, 0.25) is 5.91 Å². The summed E-state index contributed by atoms with van der Waals surface area (Å²) in [7, 11) is 1.76. The minimum Gasteiger partial charge on any atom is -0.494 e. The van der Waals surface area contributed by atoms with Gasteiger partial charge in [-0.3, -0.25) is 9.79 Å². The Morgan fingerprint density at radius 1 is 1.14 bits per heavy atom. The zero-order valence-corrected chi connectivity index (χ0v) is 16.9. The van der Waals surface area contributed by atoms with Crippen LogP contribution in [0.25, 0.3) is 0 Å². The molecule has 1 amide bonds. The molecule has 7 nitrogen and oxygen atoms in total. The fourth-order valence-electron chi connectivity index (χ4n) is 3.08. The molecule has 0 bridgehead atoms. The van der Waals surface area contributed by atoms with Gasteiger partial charge in [0.15, 0.2) is 5.96 Å². The van der Waals surface area contributed by atoms with Gasteiger partial charge in [0.25, 0.3) is 0 Å². The van der Waals surface area contributed by atoms with Gasteiger partial charge in [0.05, 0.1) is 13.2 Å². The van der Waals surface area contributed by atoms with E-state index in [1.807, 2.05) is 30.3 Å². The number of amides is 1. The average molecular weight is 396 g/mol. The molecule has 1 aliphatic heterocycles. The number of guanidine groups is 1. The molecule has 154 valence electrons. The number of hydrogen-bond acceptors (Lipinski definition) is 4. The number of piperazine rings is 1. The van der Waals surface area contributed by atoms with Crippen LogP contribution in [0.5, 0.6) is 5.75 Å². The van der Waals surface area contributed by atoms with Gasteiger partial charge in [-0.15, -0.1) is 0 Å². The molecule has 0 spiro atoms. The lowest BCUT2D eigenvalue weighted by Gasteiger charge is -2.28. The Labute approximate surface area is 172 Å². The summed E-state index contributed by atoms with van der Waals surface area (Å²) in [6.07, 6.45) is 0.883. The smallest absolute Gasteiger partial charge is 0.239 e. The Morgan fingerprint density at radius 3 is 2.66 bits per heavy atom. The second-order valence-electron chi connectivity index (χ2n) is 6.81. The Balaban J connectivity index is 1.36. The molecule has 1 fully saturated rings. The number of carbonyl (C=O) groups excluding carboxylic acids is 1. The number of benzene rings is 2. The molecule has 1 heterocycles. The van der Waals surface area contributed by atoms with E-state index in [4.69, 9.17) is 4.74 Å². The molecule has 3 N–H and O–H groups in total. The van der Waals surface area contributed by atoms with Crippen LogP contribution in [-0.2, 0) is 11.3 Å². The van der Waals surface area contributed by atoms with E-state index in [2.05, 4.69) is 50.1 Å². The van der Waals surface area contributed by atoms with E-state index in [0.29, 0.717) is 26.2 Å². The monoisotopic (exact) mass is 395 g/mol. The second-order valence-corrected chi connectivity index (χ2v) is 6.81. The molecule has 0 aromatic heterocycles. The van der Waals surface area contributed by atoms with Crippen LogP contribution in [0, 0.1) is 0 Å². The van der Waals surface area contributed by atoms with Crippen molar-refractivity contribution in [1.82, 2.24) is 16.0 Å². The number of carbonyl (C=O) groups is 1. The number of rotatable bonds is 8. The number of hydrogen-bond donors (Lipinski definition) is 3. The first-order chi connectivity index (χ1) is 14.2. The molecule has 1 aliphatic rings. The summed E-state index contributed by atoms with van der Waals surface area (Å²) >= 11 is 0. The van der Waals surface area contributed by atoms with Crippen molar-refractivity contribution >= 4 is 17.6 Å². The molecule has 0 radical (unpaired) electrons. The third kappa shape index (κ3) is 6.71. The van der Waals surface area contributed by atoms with Crippen LogP contribution < -0.4 is 25.6 Å². The highest BCUT2D eigenvalue weighted by molar-refractivity contribution is 5.82. The fourth-order valence-corrected chi connectivity index (χ4v) is 3.08. The number of anilines is 1. The van der Waals surface area contributed by atoms with Gasteiger partial charge in [0, 0.05) is 38.9 Å². The number of nitrogens with zero attached hydrogens (tertiary/aromatic N) is 2. The molecule has 2 aromatic rings. The largest absolute Gasteiger partial charge is 0.494 e. The van der Waals surface area contributed by atoms with Crippen molar-refractivity contribution < 1.29 is 9.53 Å². The van der Waals surface area contributed by atoms with Crippen LogP contribution in [0.15, 0.2) is 59.6 Å². The van der Waals surface area contributed by atoms with Gasteiger partial charge in [-0.1, -0.05) is 30.3 Å². The average Bonchev–Trinajstić information content (AvgIpc) is 2.77. The highest BCUT2D eigenvalue weighted by Gasteiger charge is 2.16. The molecule has 0 saturated carbocycles. The molecule has 0 aliphatic carbocycles. The van der Waals surface area contributed by atoms with Gasteiger partial charge in [-0.05, 0) is 36.2 Å². The normalized spacial score (nSPS) is 14.3. The molecule has 29 heavy (non-hydrogen) atoms. The van der Waals surface area contributed by atoms with Crippen molar-refractivity contribution in [3.8, 4) is 5.75 Å². The number of nitrogens with one attached hydrogen (secondary N) is 3. The van der Waals surface area contributed by atoms with Crippen LogP contribution >= 0.6 is 0 Å². The third-order valence-corrected chi connectivity index (χ3v) is 4.65. The lowest BCUT2D eigenvalue weighted by atomic mass is 10.2. The number of ether oxygens (including phenoxy) is 1. The molecule has 3 rings (SSSR count). The van der Waals surface area contributed by atoms with Gasteiger partial charge < -0.3 is 25.6 Å². The Morgan fingerprint density at radius 2 is 1.93 bits per heavy atom. The van der Waals surface area contributed by atoms with Crippen molar-refractivity contribution in [2.75, 3.05) is 44.7 Å². The maximum atomic E-state index is 11.5. The van der Waals surface area contributed by atoms with Crippen LogP contribution in [0.1, 0.15) is 12.0 Å². The van der Waals surface area contributed by atoms with E-state index < -0.39 is 0 Å². The summed E-state index contributed by atoms with van der Waals surface area (Å²) in [4.78, 5) is 17.9. The Hall–Kier alpha value is -3.22. The zero-order chi connectivity index (χ0) is 20.3. The van der Waals surface area contributed by atoms with Crippen molar-refractivity contribution in [1.29, 1.82) is 0 Å². The summed E-state index contributed by atoms with van der Waals surface area (Å²) in [5.41, 5.74) is 2.23. The van der Waals surface area contributed by atoms with E-state index in [0.717, 1.165) is 42.5 Å². The summed E-state index contributed by atoms with van der Waals surface area (Å²) < 4.78 is 5.69. The minimum absolute atomic E-state index is 0.0750. The highest BCUT2D eigenvalue weighted by atomic mass is 16.5. The molecule has 0 unspecified atom stereocenters. The predicted molar refractivity (Wildman–Crippen MR) is 116 cm³/mol. The van der Waals surface area contributed by atoms with E-state index in [1.54, 1.807) is 7.05 Å². The SMILES string of the molecule is CN=C(NCCCOc1ccccc1)NCc1ccc(N2CCNC(=O)C2)cc1. The maximum Gasteiger partial charge on any atom is 0.239 e. The first-order valence-electron chi connectivity index (χ1n) is 9.97. The van der Waals surface area contributed by atoms with Gasteiger partial charge in [0.1, 0.15) is 5.75 Å². The number of para-hydroxylation sites is 1. The molecule has 1 saturated heterocycles. The Kier molecular flexibility index (Phi) is 7.74. The Bertz CT molecular complexity index is 793. The van der Waals surface area contributed by atoms with Crippen molar-refractivity contribution in [3.05, 3.63) is 60.2 Å². The van der Waals surface area contributed by atoms with Gasteiger partial charge >= 0.3 is 0 Å². The predicted octanol–water partition coefficient (Wildman–Crippen LogP) is 1.76. The summed E-state index contributed by atoms with van der Waals surface area (Å²) in [5, 5.41) is 9.47. The first kappa shape index (κ1) is 20.5. The molecule has 2 aromatic carbocycles. The van der Waals surface area contributed by atoms with E-state index in [1.165, 1.54) is 0 Å². The lowest BCUT2D eigenvalue weighted by Crippen LogP contribution is -2.47. The molecule has 0 atom stereocenters. The minimum atomic E-state index is 0.0750. The van der Waals surface area contributed by atoms with Crippen LogP contribution in [0.2, 0.25) is 0 Å². The van der Waals surface area contributed by atoms with Gasteiger partial charge in [-0.25, -0.2) is 0 Å². The summed E-state index contributed by atoms with van der Waals surface area (Å²) in [5.74, 6) is 1.73. The third-order valence-electron chi connectivity index (χ3n) is 4.65. The zero-order valence-electron chi connectivity index (χ0n) is 16.9. The summed E-state index contributed by atoms with van der Waals surface area (Å²) in [6.45, 7) is 4.07. The molecule has 7 heteroatoms. The molecular weight excluding hydrogens is 366 g/mol. The van der Waals surface area contributed by atoms with Crippen molar-refractivity contribution in [3.63, 3.8) is 0 Å². The van der Waals surface area contributed by atoms with Crippen molar-refractivity contribution in [2.45, 2.75) is 13.0 Å². The van der Waals surface area contributed by atoms with E-state index in [9.17, 15) is 4.79 Å². The summed E-state index contributed by atoms with van der Waals surface area (Å²) in [6, 6.07) is 18.1. The quantitative estimate of drug-likeness (QED) is 0.361. The standard InChI is InChI=1S/C22H29N5O2/c1-23-22(25-12-5-15-29-20-6-3-2-4-7-20)26-16-18-8-10-19(11-9-18)27-14-13-24-21(28)17-27/h2-4,6-11H,5,12-17H2,1H3,(H,24,28)(H2,23,25,26). The topological polar surface area (TPSA) is 78.0 Å². The fraction of sp³-hybridized carbons (Fsp3) is 0.364. The maximum absolute atomic E-state index is 11.5. The van der Waals surface area contributed by atoms with E-state index >= 15 is 0 Å². The van der Waals surface area contributed by atoms with Crippen LogP contribution in [0.4, 0.5) is 5.69 Å². The second kappa shape index (κ2) is 10.9.